The van der Waals surface area contributed by atoms with Gasteiger partial charge in [-0.15, -0.1) is 0 Å². The Morgan fingerprint density at radius 1 is 1.03 bits per heavy atom. The molecule has 33 heavy (non-hydrogen) atoms. The summed E-state index contributed by atoms with van der Waals surface area (Å²) in [6.45, 7) is 0.449. The highest BCUT2D eigenvalue weighted by atomic mass is 16.4. The molecular weight excluding hydrogens is 416 g/mol. The van der Waals surface area contributed by atoms with Crippen LogP contribution >= 0.6 is 0 Å². The van der Waals surface area contributed by atoms with E-state index in [9.17, 15) is 14.7 Å². The van der Waals surface area contributed by atoms with Crippen LogP contribution in [-0.2, 0) is 12.1 Å². The van der Waals surface area contributed by atoms with Gasteiger partial charge in [0.2, 0.25) is 0 Å². The van der Waals surface area contributed by atoms with Crippen molar-refractivity contribution in [2.45, 2.75) is 31.3 Å². The Bertz CT molecular complexity index is 1220. The molecule has 0 saturated heterocycles. The van der Waals surface area contributed by atoms with E-state index in [2.05, 4.69) is 5.32 Å². The molecule has 1 aliphatic heterocycles. The average molecular weight is 443 g/mol. The molecule has 0 unspecified atom stereocenters. The summed E-state index contributed by atoms with van der Waals surface area (Å²) in [7, 11) is 3.55. The van der Waals surface area contributed by atoms with Gasteiger partial charge in [-0.1, -0.05) is 54.6 Å². The maximum atomic E-state index is 12.5. The van der Waals surface area contributed by atoms with Crippen molar-refractivity contribution in [1.29, 1.82) is 0 Å². The van der Waals surface area contributed by atoms with Crippen molar-refractivity contribution < 1.29 is 14.7 Å². The predicted molar refractivity (Wildman–Crippen MR) is 127 cm³/mol. The smallest absolute Gasteiger partial charge is 0.405 e. The number of fused-ring (bicyclic) bond motifs is 1. The van der Waals surface area contributed by atoms with Gasteiger partial charge in [0.15, 0.2) is 0 Å². The topological polar surface area (TPSA) is 85.8 Å². The van der Waals surface area contributed by atoms with Gasteiger partial charge in [-0.3, -0.25) is 4.90 Å². The molecule has 2 heterocycles. The molecule has 3 amide bonds. The SMILES string of the molecule is CN1Cc2nc(-c3ccc(C4(NC(=O)O)CCC4)cc3)c(-c3ccccc3)cc2N(C)C1=O. The van der Waals surface area contributed by atoms with Gasteiger partial charge in [-0.25, -0.2) is 14.6 Å². The van der Waals surface area contributed by atoms with E-state index in [1.165, 1.54) is 0 Å². The normalized spacial score (nSPS) is 16.7. The van der Waals surface area contributed by atoms with Crippen LogP contribution in [0.2, 0.25) is 0 Å². The first-order chi connectivity index (χ1) is 15.9. The highest BCUT2D eigenvalue weighted by Gasteiger charge is 2.40. The van der Waals surface area contributed by atoms with E-state index in [-0.39, 0.29) is 6.03 Å². The number of carbonyl (C=O) groups excluding carboxylic acids is 1. The Balaban J connectivity index is 1.61. The summed E-state index contributed by atoms with van der Waals surface area (Å²) in [6.07, 6.45) is 1.62. The molecule has 2 aliphatic rings. The summed E-state index contributed by atoms with van der Waals surface area (Å²) in [5, 5.41) is 12.0. The fourth-order valence-electron chi connectivity index (χ4n) is 4.82. The largest absolute Gasteiger partial charge is 0.465 e. The maximum Gasteiger partial charge on any atom is 0.405 e. The standard InChI is InChI=1S/C26H26N4O3/c1-29-16-21-22(30(2)25(29)33)15-20(17-7-4-3-5-8-17)23(27-21)18-9-11-19(12-10-18)26(13-6-14-26)28-24(31)32/h3-5,7-12,15,28H,6,13-14,16H2,1-2H3,(H,31,32). The number of nitrogens with one attached hydrogen (secondary N) is 1. The van der Waals surface area contributed by atoms with E-state index < -0.39 is 11.6 Å². The number of carboxylic acid groups (broad SMARTS) is 1. The Morgan fingerprint density at radius 2 is 1.73 bits per heavy atom. The number of amides is 3. The van der Waals surface area contributed by atoms with E-state index in [0.29, 0.717) is 6.54 Å². The number of hydrogen-bond acceptors (Lipinski definition) is 3. The number of carbonyl (C=O) groups is 2. The number of urea groups is 1. The number of nitrogens with zero attached hydrogens (tertiary/aromatic N) is 3. The second-order valence-corrected chi connectivity index (χ2v) is 8.86. The summed E-state index contributed by atoms with van der Waals surface area (Å²) in [6, 6.07) is 20.1. The lowest BCUT2D eigenvalue weighted by atomic mass is 9.71. The minimum Gasteiger partial charge on any atom is -0.465 e. The van der Waals surface area contributed by atoms with Gasteiger partial charge >= 0.3 is 12.1 Å². The number of rotatable bonds is 4. The van der Waals surface area contributed by atoms with E-state index in [0.717, 1.165) is 58.6 Å². The minimum atomic E-state index is -0.996. The lowest BCUT2D eigenvalue weighted by Crippen LogP contribution is -2.50. The maximum absolute atomic E-state index is 12.5. The van der Waals surface area contributed by atoms with Crippen LogP contribution in [-0.4, -0.2) is 41.2 Å². The first kappa shape index (κ1) is 21.0. The fourth-order valence-corrected chi connectivity index (χ4v) is 4.82. The van der Waals surface area contributed by atoms with Crippen molar-refractivity contribution >= 4 is 17.8 Å². The monoisotopic (exact) mass is 442 g/mol. The molecule has 168 valence electrons. The van der Waals surface area contributed by atoms with Crippen molar-refractivity contribution in [2.24, 2.45) is 0 Å². The van der Waals surface area contributed by atoms with Crippen LogP contribution in [0.4, 0.5) is 15.3 Å². The van der Waals surface area contributed by atoms with Crippen LogP contribution in [0.3, 0.4) is 0 Å². The summed E-state index contributed by atoms with van der Waals surface area (Å²) in [5.74, 6) is 0. The first-order valence-corrected chi connectivity index (χ1v) is 11.1. The zero-order valence-electron chi connectivity index (χ0n) is 18.7. The number of pyridine rings is 1. The Morgan fingerprint density at radius 3 is 2.33 bits per heavy atom. The van der Waals surface area contributed by atoms with Crippen LogP contribution in [0, 0.1) is 0 Å². The third-order valence-corrected chi connectivity index (χ3v) is 6.79. The molecule has 2 aromatic carbocycles. The number of benzene rings is 2. The molecule has 1 aromatic heterocycles. The van der Waals surface area contributed by atoms with Gasteiger partial charge in [0.05, 0.1) is 29.2 Å². The fraction of sp³-hybridized carbons (Fsp3) is 0.269. The Hall–Kier alpha value is -3.87. The number of anilines is 1. The van der Waals surface area contributed by atoms with Crippen LogP contribution in [0.15, 0.2) is 60.7 Å². The second kappa shape index (κ2) is 7.92. The third-order valence-electron chi connectivity index (χ3n) is 6.79. The van der Waals surface area contributed by atoms with E-state index >= 15 is 0 Å². The molecule has 1 saturated carbocycles. The molecule has 7 nitrogen and oxygen atoms in total. The summed E-state index contributed by atoms with van der Waals surface area (Å²) in [5.41, 5.74) is 5.91. The van der Waals surface area contributed by atoms with Crippen molar-refractivity contribution in [1.82, 2.24) is 15.2 Å². The van der Waals surface area contributed by atoms with Gasteiger partial charge in [0.1, 0.15) is 0 Å². The van der Waals surface area contributed by atoms with Gasteiger partial charge in [0.25, 0.3) is 0 Å². The van der Waals surface area contributed by atoms with Gasteiger partial charge < -0.3 is 15.3 Å². The molecular formula is C26H26N4O3. The van der Waals surface area contributed by atoms with E-state index in [1.807, 2.05) is 60.7 Å². The summed E-state index contributed by atoms with van der Waals surface area (Å²) >= 11 is 0. The number of hydrogen-bond donors (Lipinski definition) is 2. The third kappa shape index (κ3) is 3.59. The zero-order valence-corrected chi connectivity index (χ0v) is 18.7. The number of aromatic nitrogens is 1. The van der Waals surface area contributed by atoms with Crippen molar-refractivity contribution in [3.05, 3.63) is 71.9 Å². The van der Waals surface area contributed by atoms with Crippen LogP contribution in [0.1, 0.15) is 30.5 Å². The highest BCUT2D eigenvalue weighted by molar-refractivity contribution is 5.96. The van der Waals surface area contributed by atoms with Crippen LogP contribution < -0.4 is 10.2 Å². The van der Waals surface area contributed by atoms with E-state index in [1.54, 1.807) is 23.9 Å². The van der Waals surface area contributed by atoms with Crippen LogP contribution in [0.25, 0.3) is 22.4 Å². The van der Waals surface area contributed by atoms with Crippen molar-refractivity contribution in [3.8, 4) is 22.4 Å². The Labute approximate surface area is 192 Å². The molecule has 0 spiro atoms. The molecule has 7 heteroatoms. The zero-order chi connectivity index (χ0) is 23.2. The van der Waals surface area contributed by atoms with Gasteiger partial charge in [-0.2, -0.15) is 0 Å². The first-order valence-electron chi connectivity index (χ1n) is 11.1. The lowest BCUT2D eigenvalue weighted by molar-refractivity contribution is 0.144. The second-order valence-electron chi connectivity index (χ2n) is 8.86. The van der Waals surface area contributed by atoms with Crippen molar-refractivity contribution in [2.75, 3.05) is 19.0 Å². The highest BCUT2D eigenvalue weighted by Crippen LogP contribution is 2.43. The minimum absolute atomic E-state index is 0.0582. The molecule has 1 fully saturated rings. The molecule has 1 aliphatic carbocycles. The molecule has 0 radical (unpaired) electrons. The van der Waals surface area contributed by atoms with Gasteiger partial charge in [0, 0.05) is 25.2 Å². The molecule has 0 bridgehead atoms. The van der Waals surface area contributed by atoms with E-state index in [4.69, 9.17) is 4.98 Å². The quantitative estimate of drug-likeness (QED) is 0.591. The van der Waals surface area contributed by atoms with Gasteiger partial charge in [-0.05, 0) is 36.5 Å². The predicted octanol–water partition coefficient (Wildman–Crippen LogP) is 5.06. The average Bonchev–Trinajstić information content (AvgIpc) is 2.80. The summed E-state index contributed by atoms with van der Waals surface area (Å²) in [4.78, 5) is 32.2. The van der Waals surface area contributed by atoms with Crippen molar-refractivity contribution in [3.63, 3.8) is 0 Å². The summed E-state index contributed by atoms with van der Waals surface area (Å²) < 4.78 is 0. The molecule has 5 rings (SSSR count). The molecule has 3 aromatic rings. The molecule has 2 N–H and O–H groups in total. The lowest BCUT2D eigenvalue weighted by Gasteiger charge is -2.42. The Kier molecular flexibility index (Phi) is 5.04. The molecule has 0 atom stereocenters. The van der Waals surface area contributed by atoms with Crippen LogP contribution in [0.5, 0.6) is 0 Å².